The summed E-state index contributed by atoms with van der Waals surface area (Å²) in [5.74, 6) is -0.297. The van der Waals surface area contributed by atoms with Crippen LogP contribution in [0.5, 0.6) is 0 Å². The lowest BCUT2D eigenvalue weighted by Gasteiger charge is -2.21. The molecule has 1 aromatic rings. The van der Waals surface area contributed by atoms with E-state index < -0.39 is 5.82 Å². The van der Waals surface area contributed by atoms with E-state index in [1.54, 1.807) is 0 Å². The van der Waals surface area contributed by atoms with Crippen molar-refractivity contribution < 1.29 is 9.50 Å². The summed E-state index contributed by atoms with van der Waals surface area (Å²) < 4.78 is 13.5. The smallest absolute Gasteiger partial charge is 0.170 e. The lowest BCUT2D eigenvalue weighted by atomic mass is 10.1. The summed E-state index contributed by atoms with van der Waals surface area (Å²) in [5.41, 5.74) is 0.00815. The Bertz CT molecular complexity index is 320. The van der Waals surface area contributed by atoms with Crippen LogP contribution < -0.4 is 5.32 Å². The quantitative estimate of drug-likeness (QED) is 0.763. The van der Waals surface area contributed by atoms with Gasteiger partial charge in [0.15, 0.2) is 11.6 Å². The van der Waals surface area contributed by atoms with Crippen molar-refractivity contribution >= 4 is 5.82 Å². The molecule has 0 unspecified atom stereocenters. The zero-order valence-corrected chi connectivity index (χ0v) is 8.63. The van der Waals surface area contributed by atoms with E-state index in [1.165, 1.54) is 12.3 Å². The van der Waals surface area contributed by atoms with Crippen molar-refractivity contribution in [1.29, 1.82) is 0 Å². The SMILES string of the molecule is CC(C)(C)Nc1nccc(CO)c1F. The third kappa shape index (κ3) is 2.67. The number of anilines is 1. The van der Waals surface area contributed by atoms with Gasteiger partial charge in [0.05, 0.1) is 6.61 Å². The third-order valence-corrected chi connectivity index (χ3v) is 1.63. The minimum Gasteiger partial charge on any atom is -0.392 e. The van der Waals surface area contributed by atoms with Crippen molar-refractivity contribution in [3.8, 4) is 0 Å². The zero-order chi connectivity index (χ0) is 10.8. The third-order valence-electron chi connectivity index (χ3n) is 1.63. The van der Waals surface area contributed by atoms with Gasteiger partial charge >= 0.3 is 0 Å². The van der Waals surface area contributed by atoms with Gasteiger partial charge in [-0.05, 0) is 26.8 Å². The highest BCUT2D eigenvalue weighted by Crippen LogP contribution is 2.18. The number of nitrogens with zero attached hydrogens (tertiary/aromatic N) is 1. The molecule has 0 aliphatic rings. The van der Waals surface area contributed by atoms with Crippen LogP contribution in [0.15, 0.2) is 12.3 Å². The number of rotatable bonds is 2. The van der Waals surface area contributed by atoms with Crippen molar-refractivity contribution in [3.05, 3.63) is 23.6 Å². The second-order valence-corrected chi connectivity index (χ2v) is 4.17. The molecule has 14 heavy (non-hydrogen) atoms. The van der Waals surface area contributed by atoms with Crippen LogP contribution in [0.1, 0.15) is 26.3 Å². The lowest BCUT2D eigenvalue weighted by Crippen LogP contribution is -2.27. The van der Waals surface area contributed by atoms with Crippen LogP contribution in [0.4, 0.5) is 10.2 Å². The van der Waals surface area contributed by atoms with Gasteiger partial charge in [0.1, 0.15) is 0 Å². The number of halogens is 1. The first-order valence-corrected chi connectivity index (χ1v) is 4.46. The van der Waals surface area contributed by atoms with E-state index in [2.05, 4.69) is 10.3 Å². The maximum atomic E-state index is 13.5. The summed E-state index contributed by atoms with van der Waals surface area (Å²) in [7, 11) is 0. The topological polar surface area (TPSA) is 45.2 Å². The van der Waals surface area contributed by atoms with Crippen LogP contribution in [-0.4, -0.2) is 15.6 Å². The number of pyridine rings is 1. The molecular formula is C10H15FN2O. The second kappa shape index (κ2) is 3.92. The normalized spacial score (nSPS) is 11.5. The molecule has 1 rings (SSSR count). The molecule has 2 N–H and O–H groups in total. The van der Waals surface area contributed by atoms with Crippen molar-refractivity contribution in [2.24, 2.45) is 0 Å². The second-order valence-electron chi connectivity index (χ2n) is 4.17. The van der Waals surface area contributed by atoms with Crippen LogP contribution in [0.25, 0.3) is 0 Å². The number of nitrogens with one attached hydrogen (secondary N) is 1. The predicted molar refractivity (Wildman–Crippen MR) is 53.5 cm³/mol. The first-order valence-electron chi connectivity index (χ1n) is 4.46. The van der Waals surface area contributed by atoms with E-state index in [0.717, 1.165) is 0 Å². The number of aromatic nitrogens is 1. The van der Waals surface area contributed by atoms with Crippen LogP contribution >= 0.6 is 0 Å². The number of aliphatic hydroxyl groups is 1. The number of hydrogen-bond acceptors (Lipinski definition) is 3. The molecule has 3 nitrogen and oxygen atoms in total. The molecule has 0 aliphatic heterocycles. The average molecular weight is 198 g/mol. The van der Waals surface area contributed by atoms with Gasteiger partial charge in [0.25, 0.3) is 0 Å². The van der Waals surface area contributed by atoms with Crippen LogP contribution in [0.2, 0.25) is 0 Å². The van der Waals surface area contributed by atoms with E-state index in [4.69, 9.17) is 5.11 Å². The molecule has 1 heterocycles. The molecule has 4 heteroatoms. The number of aliphatic hydroxyl groups excluding tert-OH is 1. The highest BCUT2D eigenvalue weighted by Gasteiger charge is 2.15. The summed E-state index contributed by atoms with van der Waals surface area (Å²) in [6.07, 6.45) is 1.47. The fourth-order valence-corrected chi connectivity index (χ4v) is 1.05. The Morgan fingerprint density at radius 3 is 2.64 bits per heavy atom. The van der Waals surface area contributed by atoms with Crippen molar-refractivity contribution in [2.75, 3.05) is 5.32 Å². The van der Waals surface area contributed by atoms with Gasteiger partial charge in [-0.2, -0.15) is 0 Å². The first-order chi connectivity index (χ1) is 6.44. The Balaban J connectivity index is 2.98. The Morgan fingerprint density at radius 2 is 2.14 bits per heavy atom. The standard InChI is InChI=1S/C10H15FN2O/c1-10(2,3)13-9-8(11)7(6-14)4-5-12-9/h4-5,14H,6H2,1-3H3,(H,12,13). The predicted octanol–water partition coefficient (Wildman–Crippen LogP) is 1.92. The minimum atomic E-state index is -0.482. The van der Waals surface area contributed by atoms with Gasteiger partial charge in [-0.15, -0.1) is 0 Å². The van der Waals surface area contributed by atoms with Crippen LogP contribution in [0.3, 0.4) is 0 Å². The fraction of sp³-hybridized carbons (Fsp3) is 0.500. The Hall–Kier alpha value is -1.16. The largest absolute Gasteiger partial charge is 0.392 e. The van der Waals surface area contributed by atoms with E-state index in [-0.39, 0.29) is 23.5 Å². The van der Waals surface area contributed by atoms with E-state index in [9.17, 15) is 4.39 Å². The highest BCUT2D eigenvalue weighted by molar-refractivity contribution is 5.41. The molecule has 0 aromatic carbocycles. The van der Waals surface area contributed by atoms with Crippen molar-refractivity contribution in [1.82, 2.24) is 4.98 Å². The van der Waals surface area contributed by atoms with Crippen LogP contribution in [-0.2, 0) is 6.61 Å². The molecular weight excluding hydrogens is 183 g/mol. The molecule has 0 radical (unpaired) electrons. The van der Waals surface area contributed by atoms with Gasteiger partial charge in [-0.3, -0.25) is 0 Å². The Labute approximate surface area is 83.0 Å². The minimum absolute atomic E-state index is 0.184. The van der Waals surface area contributed by atoms with E-state index in [1.807, 2.05) is 20.8 Å². The molecule has 0 saturated heterocycles. The average Bonchev–Trinajstić information content (AvgIpc) is 2.06. The van der Waals surface area contributed by atoms with E-state index in [0.29, 0.717) is 0 Å². The maximum absolute atomic E-state index is 13.5. The molecule has 0 spiro atoms. The first kappa shape index (κ1) is 10.9. The van der Waals surface area contributed by atoms with Gasteiger partial charge in [0, 0.05) is 17.3 Å². The van der Waals surface area contributed by atoms with Gasteiger partial charge < -0.3 is 10.4 Å². The van der Waals surface area contributed by atoms with E-state index >= 15 is 0 Å². The summed E-state index contributed by atoms with van der Waals surface area (Å²) in [4.78, 5) is 3.88. The van der Waals surface area contributed by atoms with Gasteiger partial charge in [-0.1, -0.05) is 0 Å². The zero-order valence-electron chi connectivity index (χ0n) is 8.63. The monoisotopic (exact) mass is 198 g/mol. The molecule has 0 atom stereocenters. The molecule has 1 aromatic heterocycles. The summed E-state index contributed by atoms with van der Waals surface area (Å²) in [5, 5.41) is 11.8. The Kier molecular flexibility index (Phi) is 3.06. The van der Waals surface area contributed by atoms with Crippen molar-refractivity contribution in [3.63, 3.8) is 0 Å². The van der Waals surface area contributed by atoms with Gasteiger partial charge in [-0.25, -0.2) is 9.37 Å². The summed E-state index contributed by atoms with van der Waals surface area (Å²) in [6, 6.07) is 1.46. The maximum Gasteiger partial charge on any atom is 0.170 e. The summed E-state index contributed by atoms with van der Waals surface area (Å²) in [6.45, 7) is 5.44. The molecule has 0 fully saturated rings. The van der Waals surface area contributed by atoms with Crippen LogP contribution in [0, 0.1) is 5.82 Å². The molecule has 0 saturated carbocycles. The van der Waals surface area contributed by atoms with Crippen molar-refractivity contribution in [2.45, 2.75) is 32.9 Å². The lowest BCUT2D eigenvalue weighted by molar-refractivity contribution is 0.275. The molecule has 78 valence electrons. The number of hydrogen-bond donors (Lipinski definition) is 2. The molecule has 0 amide bonds. The molecule has 0 bridgehead atoms. The fourth-order valence-electron chi connectivity index (χ4n) is 1.05. The summed E-state index contributed by atoms with van der Waals surface area (Å²) >= 11 is 0. The highest BCUT2D eigenvalue weighted by atomic mass is 19.1. The van der Waals surface area contributed by atoms with Gasteiger partial charge in [0.2, 0.25) is 0 Å². The molecule has 0 aliphatic carbocycles. The Morgan fingerprint density at radius 1 is 1.50 bits per heavy atom.